The summed E-state index contributed by atoms with van der Waals surface area (Å²) in [6.07, 6.45) is 3.67. The zero-order valence-corrected chi connectivity index (χ0v) is 15.5. The number of phenols is 1. The van der Waals surface area contributed by atoms with E-state index in [1.807, 2.05) is 30.3 Å². The molecule has 0 aliphatic carbocycles. The van der Waals surface area contributed by atoms with Gasteiger partial charge in [-0.05, 0) is 55.2 Å². The van der Waals surface area contributed by atoms with E-state index in [2.05, 4.69) is 0 Å². The molecular weight excluding hydrogens is 342 g/mol. The third-order valence-corrected chi connectivity index (χ3v) is 5.37. The number of phenolic OH excluding ortho intramolecular Hbond substituents is 1. The summed E-state index contributed by atoms with van der Waals surface area (Å²) in [5.41, 5.74) is 2.11. The smallest absolute Gasteiger partial charge is 0.344 e. The van der Waals surface area contributed by atoms with E-state index in [-0.39, 0.29) is 5.75 Å². The lowest BCUT2D eigenvalue weighted by molar-refractivity contribution is -0.918. The van der Waals surface area contributed by atoms with E-state index >= 15 is 0 Å². The van der Waals surface area contributed by atoms with Gasteiger partial charge in [-0.2, -0.15) is 0 Å². The average molecular weight is 366 g/mol. The van der Waals surface area contributed by atoms with Crippen molar-refractivity contribution >= 4 is 11.0 Å². The van der Waals surface area contributed by atoms with Crippen LogP contribution in [0.5, 0.6) is 11.5 Å². The van der Waals surface area contributed by atoms with E-state index in [1.165, 1.54) is 24.2 Å². The Balaban J connectivity index is 1.76. The van der Waals surface area contributed by atoms with Crippen molar-refractivity contribution in [3.63, 3.8) is 0 Å². The van der Waals surface area contributed by atoms with E-state index < -0.39 is 5.63 Å². The van der Waals surface area contributed by atoms with Gasteiger partial charge in [0.25, 0.3) is 0 Å². The van der Waals surface area contributed by atoms with Crippen LogP contribution in [-0.4, -0.2) is 25.3 Å². The highest BCUT2D eigenvalue weighted by Gasteiger charge is 2.20. The summed E-state index contributed by atoms with van der Waals surface area (Å²) in [7, 11) is 1.61. The fraction of sp³-hybridized carbons (Fsp3) is 0.318. The number of likely N-dealkylation sites (tertiary alicyclic amines) is 1. The first kappa shape index (κ1) is 17.6. The normalized spacial score (nSPS) is 15.1. The fourth-order valence-corrected chi connectivity index (χ4v) is 3.85. The molecule has 1 aliphatic rings. The molecule has 2 heterocycles. The minimum atomic E-state index is -0.395. The second-order valence-electron chi connectivity index (χ2n) is 7.15. The molecule has 2 aromatic carbocycles. The summed E-state index contributed by atoms with van der Waals surface area (Å²) in [5, 5.41) is 11.2. The van der Waals surface area contributed by atoms with Crippen LogP contribution in [0.1, 0.15) is 24.8 Å². The van der Waals surface area contributed by atoms with E-state index in [1.54, 1.807) is 19.2 Å². The van der Waals surface area contributed by atoms with E-state index in [4.69, 9.17) is 9.15 Å². The molecule has 140 valence electrons. The maximum Gasteiger partial charge on any atom is 0.344 e. The molecule has 0 unspecified atom stereocenters. The lowest BCUT2D eigenvalue weighted by Gasteiger charge is -2.24. The maximum absolute atomic E-state index is 12.7. The van der Waals surface area contributed by atoms with Gasteiger partial charge in [0.2, 0.25) is 0 Å². The highest BCUT2D eigenvalue weighted by Crippen LogP contribution is 2.29. The summed E-state index contributed by atoms with van der Waals surface area (Å²) in [6.45, 7) is 2.85. The predicted octanol–water partition coefficient (Wildman–Crippen LogP) is 2.74. The van der Waals surface area contributed by atoms with Gasteiger partial charge in [0.15, 0.2) is 5.58 Å². The standard InChI is InChI=1S/C22H23NO4/c1-26-17-8-5-15(6-9-17)18-13-16-7-10-20(24)19(21(16)27-22(18)25)14-23-11-3-2-4-12-23/h5-10,13,24H,2-4,11-12,14H2,1H3/p+1. The first-order chi connectivity index (χ1) is 13.2. The molecule has 0 saturated carbocycles. The van der Waals surface area contributed by atoms with Crippen LogP contribution in [0.25, 0.3) is 22.1 Å². The number of hydrogen-bond acceptors (Lipinski definition) is 4. The first-order valence-electron chi connectivity index (χ1n) is 9.42. The van der Waals surface area contributed by atoms with Gasteiger partial charge in [-0.15, -0.1) is 0 Å². The highest BCUT2D eigenvalue weighted by molar-refractivity contribution is 5.85. The quantitative estimate of drug-likeness (QED) is 0.697. The number of piperidine rings is 1. The third-order valence-electron chi connectivity index (χ3n) is 5.37. The van der Waals surface area contributed by atoms with E-state index in [0.717, 1.165) is 35.4 Å². The number of methoxy groups -OCH3 is 1. The lowest BCUT2D eigenvalue weighted by Crippen LogP contribution is -3.11. The minimum absolute atomic E-state index is 0.195. The van der Waals surface area contributed by atoms with Gasteiger partial charge >= 0.3 is 5.63 Å². The first-order valence-corrected chi connectivity index (χ1v) is 9.42. The molecule has 5 nitrogen and oxygen atoms in total. The van der Waals surface area contributed by atoms with Gasteiger partial charge in [0.05, 0.1) is 31.3 Å². The van der Waals surface area contributed by atoms with E-state index in [0.29, 0.717) is 17.7 Å². The molecule has 1 saturated heterocycles. The van der Waals surface area contributed by atoms with Crippen molar-refractivity contribution in [2.24, 2.45) is 0 Å². The van der Waals surface area contributed by atoms with Crippen molar-refractivity contribution in [3.05, 3.63) is 58.4 Å². The Morgan fingerprint density at radius 3 is 2.52 bits per heavy atom. The number of hydrogen-bond donors (Lipinski definition) is 2. The number of aromatic hydroxyl groups is 1. The molecule has 0 bridgehead atoms. The minimum Gasteiger partial charge on any atom is -0.507 e. The number of rotatable bonds is 4. The van der Waals surface area contributed by atoms with Crippen molar-refractivity contribution in [2.75, 3.05) is 20.2 Å². The molecule has 0 amide bonds. The van der Waals surface area contributed by atoms with Gasteiger partial charge in [0.1, 0.15) is 18.0 Å². The van der Waals surface area contributed by atoms with Crippen LogP contribution in [0.4, 0.5) is 0 Å². The lowest BCUT2D eigenvalue weighted by atomic mass is 10.0. The molecule has 0 atom stereocenters. The van der Waals surface area contributed by atoms with Gasteiger partial charge in [-0.1, -0.05) is 12.1 Å². The number of nitrogens with one attached hydrogen (secondary N) is 1. The molecule has 5 heteroatoms. The molecule has 1 fully saturated rings. The molecule has 4 rings (SSSR count). The van der Waals surface area contributed by atoms with Gasteiger partial charge in [-0.3, -0.25) is 0 Å². The van der Waals surface area contributed by atoms with Gasteiger partial charge in [0, 0.05) is 5.39 Å². The fourth-order valence-electron chi connectivity index (χ4n) is 3.85. The zero-order valence-electron chi connectivity index (χ0n) is 15.5. The SMILES string of the molecule is COc1ccc(-c2cc3ccc(O)c(C[NH+]4CCCCC4)c3oc2=O)cc1. The Morgan fingerprint density at radius 2 is 1.81 bits per heavy atom. The molecule has 0 spiro atoms. The van der Waals surface area contributed by atoms with Crippen molar-refractivity contribution < 1.29 is 19.2 Å². The molecule has 3 aromatic rings. The average Bonchev–Trinajstić information content (AvgIpc) is 2.71. The second-order valence-corrected chi connectivity index (χ2v) is 7.15. The Bertz CT molecular complexity index is 1000. The van der Waals surface area contributed by atoms with E-state index in [9.17, 15) is 9.90 Å². The largest absolute Gasteiger partial charge is 0.507 e. The van der Waals surface area contributed by atoms with Crippen molar-refractivity contribution in [1.29, 1.82) is 0 Å². The Morgan fingerprint density at radius 1 is 1.07 bits per heavy atom. The topological polar surface area (TPSA) is 64.1 Å². The number of quaternary nitrogens is 1. The Hall–Kier alpha value is -2.79. The summed E-state index contributed by atoms with van der Waals surface area (Å²) in [6, 6.07) is 12.7. The highest BCUT2D eigenvalue weighted by atomic mass is 16.5. The zero-order chi connectivity index (χ0) is 18.8. The van der Waals surface area contributed by atoms with Crippen LogP contribution in [-0.2, 0) is 6.54 Å². The third kappa shape index (κ3) is 3.55. The van der Waals surface area contributed by atoms with Gasteiger partial charge < -0.3 is 19.2 Å². The number of ether oxygens (including phenoxy) is 1. The summed E-state index contributed by atoms with van der Waals surface area (Å²) < 4.78 is 10.9. The maximum atomic E-state index is 12.7. The Labute approximate surface area is 157 Å². The molecule has 1 aromatic heterocycles. The summed E-state index contributed by atoms with van der Waals surface area (Å²) >= 11 is 0. The summed E-state index contributed by atoms with van der Waals surface area (Å²) in [4.78, 5) is 14.1. The monoisotopic (exact) mass is 366 g/mol. The second kappa shape index (κ2) is 7.45. The van der Waals surface area contributed by atoms with Crippen LogP contribution in [0.2, 0.25) is 0 Å². The van der Waals surface area contributed by atoms with Crippen LogP contribution >= 0.6 is 0 Å². The van der Waals surface area contributed by atoms with Crippen LogP contribution in [0.15, 0.2) is 51.7 Å². The molecule has 2 N–H and O–H groups in total. The number of benzene rings is 2. The van der Waals surface area contributed by atoms with Crippen molar-refractivity contribution in [3.8, 4) is 22.6 Å². The van der Waals surface area contributed by atoms with Crippen LogP contribution in [0, 0.1) is 0 Å². The number of fused-ring (bicyclic) bond motifs is 1. The van der Waals surface area contributed by atoms with Crippen LogP contribution < -0.4 is 15.3 Å². The molecule has 1 aliphatic heterocycles. The Kier molecular flexibility index (Phi) is 4.86. The summed E-state index contributed by atoms with van der Waals surface area (Å²) in [5.74, 6) is 0.932. The van der Waals surface area contributed by atoms with Gasteiger partial charge in [-0.25, -0.2) is 4.79 Å². The van der Waals surface area contributed by atoms with Crippen LogP contribution in [0.3, 0.4) is 0 Å². The van der Waals surface area contributed by atoms with Crippen molar-refractivity contribution in [2.45, 2.75) is 25.8 Å². The molecule has 0 radical (unpaired) electrons. The predicted molar refractivity (Wildman–Crippen MR) is 104 cm³/mol. The van der Waals surface area contributed by atoms with Crippen molar-refractivity contribution in [1.82, 2.24) is 0 Å². The molecular formula is C22H24NO4+. The molecule has 27 heavy (non-hydrogen) atoms.